The Morgan fingerprint density at radius 2 is 1.75 bits per heavy atom. The van der Waals surface area contributed by atoms with E-state index < -0.39 is 6.10 Å². The lowest BCUT2D eigenvalue weighted by atomic mass is 10.1. The molecule has 0 aliphatic rings. The molecule has 0 saturated heterocycles. The molecule has 0 aromatic rings. The van der Waals surface area contributed by atoms with E-state index >= 15 is 0 Å². The summed E-state index contributed by atoms with van der Waals surface area (Å²) in [6, 6.07) is 0.283. The van der Waals surface area contributed by atoms with E-state index in [0.29, 0.717) is 25.7 Å². The van der Waals surface area contributed by atoms with Gasteiger partial charge in [-0.25, -0.2) is 0 Å². The monoisotopic (exact) mass is 289 g/mol. The van der Waals surface area contributed by atoms with E-state index in [1.54, 1.807) is 0 Å². The van der Waals surface area contributed by atoms with Crippen molar-refractivity contribution in [2.75, 3.05) is 33.0 Å². The quantitative estimate of drug-likeness (QED) is 0.511. The van der Waals surface area contributed by atoms with Crippen LogP contribution in [0.1, 0.15) is 47.5 Å². The topological polar surface area (TPSA) is 50.7 Å². The first-order valence-electron chi connectivity index (χ1n) is 8.04. The summed E-state index contributed by atoms with van der Waals surface area (Å²) in [5.41, 5.74) is 0. The Labute approximate surface area is 125 Å². The number of nitrogens with one attached hydrogen (secondary N) is 1. The van der Waals surface area contributed by atoms with Crippen LogP contribution in [0.25, 0.3) is 0 Å². The van der Waals surface area contributed by atoms with E-state index in [1.165, 1.54) is 6.42 Å². The summed E-state index contributed by atoms with van der Waals surface area (Å²) in [7, 11) is 0. The molecule has 2 unspecified atom stereocenters. The van der Waals surface area contributed by atoms with Crippen LogP contribution in [0.4, 0.5) is 0 Å². The SMILES string of the molecule is CCOCC(NCC(O)COCCCC(C)C)C(C)C. The Kier molecular flexibility index (Phi) is 12.5. The van der Waals surface area contributed by atoms with Crippen molar-refractivity contribution in [3.63, 3.8) is 0 Å². The molecular formula is C16H35NO3. The predicted octanol–water partition coefficient (Wildman–Crippen LogP) is 2.45. The Hall–Kier alpha value is -0.160. The van der Waals surface area contributed by atoms with Gasteiger partial charge in [-0.3, -0.25) is 0 Å². The summed E-state index contributed by atoms with van der Waals surface area (Å²) in [6.45, 7) is 13.9. The lowest BCUT2D eigenvalue weighted by molar-refractivity contribution is 0.0289. The van der Waals surface area contributed by atoms with Crippen molar-refractivity contribution in [2.45, 2.75) is 59.6 Å². The smallest absolute Gasteiger partial charge is 0.0897 e. The summed E-state index contributed by atoms with van der Waals surface area (Å²) in [4.78, 5) is 0. The van der Waals surface area contributed by atoms with Crippen LogP contribution in [0.15, 0.2) is 0 Å². The van der Waals surface area contributed by atoms with E-state index in [-0.39, 0.29) is 6.04 Å². The van der Waals surface area contributed by atoms with Crippen LogP contribution in [0, 0.1) is 11.8 Å². The summed E-state index contributed by atoms with van der Waals surface area (Å²) >= 11 is 0. The second-order valence-corrected chi connectivity index (χ2v) is 6.18. The van der Waals surface area contributed by atoms with Crippen molar-refractivity contribution in [1.82, 2.24) is 5.32 Å². The number of hydrogen-bond acceptors (Lipinski definition) is 4. The molecule has 0 aliphatic carbocycles. The van der Waals surface area contributed by atoms with Crippen molar-refractivity contribution in [3.05, 3.63) is 0 Å². The third-order valence-electron chi connectivity index (χ3n) is 3.30. The van der Waals surface area contributed by atoms with Crippen LogP contribution in [0.3, 0.4) is 0 Å². The van der Waals surface area contributed by atoms with Crippen LogP contribution in [0.2, 0.25) is 0 Å². The molecular weight excluding hydrogens is 254 g/mol. The molecule has 0 saturated carbocycles. The fourth-order valence-electron chi connectivity index (χ4n) is 1.89. The lowest BCUT2D eigenvalue weighted by Crippen LogP contribution is -2.43. The zero-order valence-corrected chi connectivity index (χ0v) is 14.0. The zero-order valence-electron chi connectivity index (χ0n) is 14.0. The zero-order chi connectivity index (χ0) is 15.4. The van der Waals surface area contributed by atoms with Crippen molar-refractivity contribution in [2.24, 2.45) is 11.8 Å². The number of hydrogen-bond donors (Lipinski definition) is 2. The maximum Gasteiger partial charge on any atom is 0.0897 e. The van der Waals surface area contributed by atoms with E-state index in [2.05, 4.69) is 33.0 Å². The van der Waals surface area contributed by atoms with E-state index in [0.717, 1.165) is 25.6 Å². The molecule has 0 bridgehead atoms. The normalized spacial score (nSPS) is 15.0. The molecule has 4 nitrogen and oxygen atoms in total. The van der Waals surface area contributed by atoms with Crippen molar-refractivity contribution in [3.8, 4) is 0 Å². The average molecular weight is 289 g/mol. The van der Waals surface area contributed by atoms with Crippen LogP contribution >= 0.6 is 0 Å². The van der Waals surface area contributed by atoms with Gasteiger partial charge in [-0.05, 0) is 31.6 Å². The highest BCUT2D eigenvalue weighted by molar-refractivity contribution is 4.72. The fourth-order valence-corrected chi connectivity index (χ4v) is 1.89. The molecule has 0 aromatic heterocycles. The van der Waals surface area contributed by atoms with E-state index in [9.17, 15) is 5.11 Å². The number of rotatable bonds is 13. The average Bonchev–Trinajstić information content (AvgIpc) is 2.37. The minimum absolute atomic E-state index is 0.283. The van der Waals surface area contributed by atoms with Gasteiger partial charge in [-0.1, -0.05) is 27.7 Å². The highest BCUT2D eigenvalue weighted by Gasteiger charge is 2.14. The standard InChI is InChI=1S/C16H35NO3/c1-6-19-12-16(14(4)5)17-10-15(18)11-20-9-7-8-13(2)3/h13-18H,6-12H2,1-5H3. The molecule has 0 spiro atoms. The molecule has 4 heteroatoms. The molecule has 0 aliphatic heterocycles. The molecule has 0 aromatic carbocycles. The van der Waals surface area contributed by atoms with Gasteiger partial charge in [-0.15, -0.1) is 0 Å². The molecule has 0 radical (unpaired) electrons. The van der Waals surface area contributed by atoms with Gasteiger partial charge < -0.3 is 19.9 Å². The van der Waals surface area contributed by atoms with Gasteiger partial charge in [0.15, 0.2) is 0 Å². The van der Waals surface area contributed by atoms with Gasteiger partial charge in [0.2, 0.25) is 0 Å². The van der Waals surface area contributed by atoms with Crippen molar-refractivity contribution in [1.29, 1.82) is 0 Å². The Balaban J connectivity index is 3.65. The largest absolute Gasteiger partial charge is 0.389 e. The van der Waals surface area contributed by atoms with E-state index in [1.807, 2.05) is 6.92 Å². The summed E-state index contributed by atoms with van der Waals surface area (Å²) in [5, 5.41) is 13.2. The van der Waals surface area contributed by atoms with Gasteiger partial charge >= 0.3 is 0 Å². The molecule has 0 rings (SSSR count). The molecule has 2 N–H and O–H groups in total. The Morgan fingerprint density at radius 3 is 2.30 bits per heavy atom. The molecule has 2 atom stereocenters. The first-order chi connectivity index (χ1) is 9.47. The van der Waals surface area contributed by atoms with Crippen LogP contribution in [-0.4, -0.2) is 50.2 Å². The maximum absolute atomic E-state index is 9.89. The molecule has 0 heterocycles. The van der Waals surface area contributed by atoms with E-state index in [4.69, 9.17) is 9.47 Å². The first-order valence-corrected chi connectivity index (χ1v) is 8.04. The van der Waals surface area contributed by atoms with Gasteiger partial charge in [-0.2, -0.15) is 0 Å². The molecule has 0 fully saturated rings. The van der Waals surface area contributed by atoms with Gasteiger partial charge in [0.05, 0.1) is 19.3 Å². The molecule has 20 heavy (non-hydrogen) atoms. The van der Waals surface area contributed by atoms with Gasteiger partial charge in [0, 0.05) is 25.8 Å². The van der Waals surface area contributed by atoms with Gasteiger partial charge in [0.1, 0.15) is 0 Å². The Bertz CT molecular complexity index is 210. The number of aliphatic hydroxyl groups excluding tert-OH is 1. The first kappa shape index (κ1) is 19.8. The second kappa shape index (κ2) is 12.6. The van der Waals surface area contributed by atoms with Crippen LogP contribution in [0.5, 0.6) is 0 Å². The lowest BCUT2D eigenvalue weighted by Gasteiger charge is -2.23. The number of aliphatic hydroxyl groups is 1. The van der Waals surface area contributed by atoms with Crippen molar-refractivity contribution < 1.29 is 14.6 Å². The van der Waals surface area contributed by atoms with Crippen LogP contribution < -0.4 is 5.32 Å². The minimum atomic E-state index is -0.447. The van der Waals surface area contributed by atoms with Gasteiger partial charge in [0.25, 0.3) is 0 Å². The second-order valence-electron chi connectivity index (χ2n) is 6.18. The van der Waals surface area contributed by atoms with Crippen molar-refractivity contribution >= 4 is 0 Å². The molecule has 0 amide bonds. The summed E-state index contributed by atoms with van der Waals surface area (Å²) in [6.07, 6.45) is 1.80. The minimum Gasteiger partial charge on any atom is -0.389 e. The summed E-state index contributed by atoms with van der Waals surface area (Å²) in [5.74, 6) is 1.20. The highest BCUT2D eigenvalue weighted by Crippen LogP contribution is 2.04. The fraction of sp³-hybridized carbons (Fsp3) is 1.00. The molecule has 122 valence electrons. The third-order valence-corrected chi connectivity index (χ3v) is 3.30. The third kappa shape index (κ3) is 11.6. The predicted molar refractivity (Wildman–Crippen MR) is 84.0 cm³/mol. The number of ether oxygens (including phenoxy) is 2. The van der Waals surface area contributed by atoms with Crippen LogP contribution in [-0.2, 0) is 9.47 Å². The highest BCUT2D eigenvalue weighted by atomic mass is 16.5. The summed E-state index contributed by atoms with van der Waals surface area (Å²) < 4.78 is 10.9. The Morgan fingerprint density at radius 1 is 1.05 bits per heavy atom. The maximum atomic E-state index is 9.89.